The molecular weight excluding hydrogens is 270 g/mol. The van der Waals surface area contributed by atoms with E-state index in [1.54, 1.807) is 20.8 Å². The van der Waals surface area contributed by atoms with Crippen LogP contribution in [0, 0.1) is 5.92 Å². The molecule has 0 spiro atoms. The van der Waals surface area contributed by atoms with Gasteiger partial charge in [-0.2, -0.15) is 8.42 Å². The van der Waals surface area contributed by atoms with Gasteiger partial charge in [-0.05, 0) is 39.5 Å². The Kier molecular flexibility index (Phi) is 3.33. The Labute approximate surface area is 114 Å². The molecule has 110 valence electrons. The molecule has 6 nitrogen and oxygen atoms in total. The lowest BCUT2D eigenvalue weighted by atomic mass is 10.1. The van der Waals surface area contributed by atoms with E-state index in [9.17, 15) is 13.2 Å². The molecule has 19 heavy (non-hydrogen) atoms. The molecule has 1 amide bonds. The fraction of sp³-hybridized carbons (Fsp3) is 0.917. The summed E-state index contributed by atoms with van der Waals surface area (Å²) >= 11 is 0. The van der Waals surface area contributed by atoms with Gasteiger partial charge in [0, 0.05) is 13.0 Å². The van der Waals surface area contributed by atoms with Gasteiger partial charge in [0.25, 0.3) is 10.1 Å². The van der Waals surface area contributed by atoms with E-state index in [0.717, 1.165) is 12.7 Å². The molecule has 2 unspecified atom stereocenters. The normalized spacial score (nSPS) is 30.7. The molecule has 1 aliphatic carbocycles. The first-order valence-corrected chi connectivity index (χ1v) is 8.24. The maximum Gasteiger partial charge on any atom is 0.412 e. The summed E-state index contributed by atoms with van der Waals surface area (Å²) in [4.78, 5) is 13.6. The van der Waals surface area contributed by atoms with Gasteiger partial charge >= 0.3 is 6.09 Å². The molecule has 0 aromatic carbocycles. The molecule has 7 heteroatoms. The van der Waals surface area contributed by atoms with Crippen molar-refractivity contribution >= 4 is 16.2 Å². The van der Waals surface area contributed by atoms with Gasteiger partial charge in [0.15, 0.2) is 5.72 Å². The predicted octanol–water partition coefficient (Wildman–Crippen LogP) is 1.71. The van der Waals surface area contributed by atoms with E-state index >= 15 is 0 Å². The lowest BCUT2D eigenvalue weighted by Gasteiger charge is -2.37. The van der Waals surface area contributed by atoms with Crippen molar-refractivity contribution in [1.29, 1.82) is 0 Å². The molecule has 0 radical (unpaired) electrons. The third-order valence-corrected chi connectivity index (χ3v) is 4.02. The highest BCUT2D eigenvalue weighted by Crippen LogP contribution is 2.48. The van der Waals surface area contributed by atoms with Crippen LogP contribution in [0.5, 0.6) is 0 Å². The summed E-state index contributed by atoms with van der Waals surface area (Å²) in [5, 5.41) is 0. The van der Waals surface area contributed by atoms with Gasteiger partial charge in [0.05, 0.1) is 6.26 Å². The number of piperidine rings is 1. The molecule has 2 rings (SSSR count). The summed E-state index contributed by atoms with van der Waals surface area (Å²) in [6.07, 6.45) is 2.51. The van der Waals surface area contributed by atoms with Gasteiger partial charge in [-0.15, -0.1) is 0 Å². The largest absolute Gasteiger partial charge is 0.444 e. The quantitative estimate of drug-likeness (QED) is 0.724. The molecule has 2 bridgehead atoms. The van der Waals surface area contributed by atoms with Crippen LogP contribution in [-0.2, 0) is 19.0 Å². The van der Waals surface area contributed by atoms with E-state index in [2.05, 4.69) is 0 Å². The average Bonchev–Trinajstić information content (AvgIpc) is 2.67. The number of ether oxygens (including phenoxy) is 1. The smallest absolute Gasteiger partial charge is 0.412 e. The first-order valence-electron chi connectivity index (χ1n) is 6.42. The Balaban J connectivity index is 2.19. The van der Waals surface area contributed by atoms with Gasteiger partial charge in [-0.25, -0.2) is 8.98 Å². The summed E-state index contributed by atoms with van der Waals surface area (Å²) in [6.45, 7) is 5.85. The average molecular weight is 291 g/mol. The van der Waals surface area contributed by atoms with Crippen LogP contribution in [0.4, 0.5) is 4.79 Å². The van der Waals surface area contributed by atoms with E-state index in [4.69, 9.17) is 8.92 Å². The molecule has 0 aromatic rings. The van der Waals surface area contributed by atoms with Crippen LogP contribution >= 0.6 is 0 Å². The predicted molar refractivity (Wildman–Crippen MR) is 68.9 cm³/mol. The topological polar surface area (TPSA) is 72.9 Å². The third kappa shape index (κ3) is 3.20. The Hall–Kier alpha value is -0.820. The van der Waals surface area contributed by atoms with Crippen molar-refractivity contribution in [2.75, 3.05) is 12.8 Å². The lowest BCUT2D eigenvalue weighted by molar-refractivity contribution is -0.0657. The van der Waals surface area contributed by atoms with Gasteiger partial charge in [-0.3, -0.25) is 4.90 Å². The number of likely N-dealkylation sites (tertiary alicyclic amines) is 1. The van der Waals surface area contributed by atoms with Crippen LogP contribution in [0.1, 0.15) is 40.0 Å². The molecule has 2 fully saturated rings. The summed E-state index contributed by atoms with van der Waals surface area (Å²) in [7, 11) is -3.61. The van der Waals surface area contributed by atoms with Crippen LogP contribution < -0.4 is 0 Å². The number of nitrogens with zero attached hydrogens (tertiary/aromatic N) is 1. The third-order valence-electron chi connectivity index (χ3n) is 3.40. The zero-order valence-corrected chi connectivity index (χ0v) is 12.6. The second-order valence-corrected chi connectivity index (χ2v) is 8.01. The van der Waals surface area contributed by atoms with E-state index in [1.807, 2.05) is 0 Å². The molecule has 1 heterocycles. The molecule has 2 atom stereocenters. The molecule has 1 saturated carbocycles. The second-order valence-electron chi connectivity index (χ2n) is 6.43. The first kappa shape index (κ1) is 14.6. The zero-order valence-electron chi connectivity index (χ0n) is 11.8. The second kappa shape index (κ2) is 4.34. The number of amides is 1. The number of fused-ring (bicyclic) bond motifs is 2. The maximum absolute atomic E-state index is 12.2. The van der Waals surface area contributed by atoms with Crippen LogP contribution in [-0.4, -0.2) is 43.5 Å². The van der Waals surface area contributed by atoms with Gasteiger partial charge < -0.3 is 4.74 Å². The van der Waals surface area contributed by atoms with Crippen molar-refractivity contribution in [1.82, 2.24) is 4.90 Å². The maximum atomic E-state index is 12.2. The van der Waals surface area contributed by atoms with Crippen molar-refractivity contribution in [3.8, 4) is 0 Å². The number of hydrogen-bond acceptors (Lipinski definition) is 5. The SMILES string of the molecule is CC(C)(C)OC(=O)N1CC2CCC1(OS(C)(=O)=O)C2. The lowest BCUT2D eigenvalue weighted by Crippen LogP contribution is -2.52. The van der Waals surface area contributed by atoms with Crippen LogP contribution in [0.2, 0.25) is 0 Å². The summed E-state index contributed by atoms with van der Waals surface area (Å²) in [5.74, 6) is 0.300. The standard InChI is InChI=1S/C12H21NO5S/c1-11(2,3)17-10(14)13-8-9-5-6-12(13,7-9)18-19(4,15)16/h9H,5-8H2,1-4H3. The van der Waals surface area contributed by atoms with E-state index in [0.29, 0.717) is 25.3 Å². The fourth-order valence-corrected chi connectivity index (χ4v) is 3.68. The number of carbonyl (C=O) groups excluding carboxylic acids is 1. The summed E-state index contributed by atoms with van der Waals surface area (Å²) < 4.78 is 33.4. The first-order chi connectivity index (χ1) is 8.51. The number of carbonyl (C=O) groups is 1. The number of hydrogen-bond donors (Lipinski definition) is 0. The van der Waals surface area contributed by atoms with Crippen LogP contribution in [0.15, 0.2) is 0 Å². The minimum atomic E-state index is -3.61. The molecule has 0 aromatic heterocycles. The van der Waals surface area contributed by atoms with E-state index < -0.39 is 27.5 Å². The monoisotopic (exact) mass is 291 g/mol. The molecule has 1 saturated heterocycles. The van der Waals surface area contributed by atoms with Crippen molar-refractivity contribution in [3.05, 3.63) is 0 Å². The highest BCUT2D eigenvalue weighted by molar-refractivity contribution is 7.86. The Morgan fingerprint density at radius 1 is 1.37 bits per heavy atom. The minimum absolute atomic E-state index is 0.300. The Morgan fingerprint density at radius 2 is 2.00 bits per heavy atom. The van der Waals surface area contributed by atoms with Crippen molar-refractivity contribution in [2.45, 2.75) is 51.4 Å². The molecule has 1 aliphatic heterocycles. The minimum Gasteiger partial charge on any atom is -0.444 e. The summed E-state index contributed by atoms with van der Waals surface area (Å²) in [5.41, 5.74) is -1.63. The van der Waals surface area contributed by atoms with Gasteiger partial charge in [-0.1, -0.05) is 0 Å². The zero-order chi connectivity index (χ0) is 14.5. The molecular formula is C12H21NO5S. The fourth-order valence-electron chi connectivity index (χ4n) is 2.87. The summed E-state index contributed by atoms with van der Waals surface area (Å²) in [6, 6.07) is 0. The Bertz CT molecular complexity index is 481. The molecule has 2 aliphatic rings. The van der Waals surface area contributed by atoms with E-state index in [-0.39, 0.29) is 0 Å². The van der Waals surface area contributed by atoms with Crippen molar-refractivity contribution in [3.63, 3.8) is 0 Å². The molecule has 0 N–H and O–H groups in total. The van der Waals surface area contributed by atoms with Crippen LogP contribution in [0.3, 0.4) is 0 Å². The Morgan fingerprint density at radius 3 is 2.47 bits per heavy atom. The van der Waals surface area contributed by atoms with Crippen LogP contribution in [0.25, 0.3) is 0 Å². The van der Waals surface area contributed by atoms with Crippen molar-refractivity contribution < 1.29 is 22.1 Å². The van der Waals surface area contributed by atoms with Gasteiger partial charge in [0.1, 0.15) is 5.60 Å². The highest BCUT2D eigenvalue weighted by Gasteiger charge is 2.56. The highest BCUT2D eigenvalue weighted by atomic mass is 32.2. The van der Waals surface area contributed by atoms with Crippen molar-refractivity contribution in [2.24, 2.45) is 5.92 Å². The van der Waals surface area contributed by atoms with Gasteiger partial charge in [0.2, 0.25) is 0 Å². The van der Waals surface area contributed by atoms with E-state index in [1.165, 1.54) is 4.90 Å². The number of rotatable bonds is 2.